The van der Waals surface area contributed by atoms with Crippen molar-refractivity contribution in [1.82, 2.24) is 5.32 Å². The SMILES string of the molecule is COc1cccc(C[S@@](=O)CC(=O)NC2CCCCCCC2)c1. The van der Waals surface area contributed by atoms with E-state index in [9.17, 15) is 9.00 Å². The Hall–Kier alpha value is -1.36. The first kappa shape index (κ1) is 18.0. The molecule has 1 aliphatic rings. The van der Waals surface area contributed by atoms with Gasteiger partial charge in [-0.25, -0.2) is 0 Å². The number of hydrogen-bond donors (Lipinski definition) is 1. The van der Waals surface area contributed by atoms with Crippen LogP contribution in [0.1, 0.15) is 50.5 Å². The lowest BCUT2D eigenvalue weighted by molar-refractivity contribution is -0.119. The van der Waals surface area contributed by atoms with Gasteiger partial charge in [0.1, 0.15) is 11.5 Å². The number of methoxy groups -OCH3 is 1. The van der Waals surface area contributed by atoms with E-state index in [1.807, 2.05) is 24.3 Å². The molecule has 0 radical (unpaired) electrons. The Bertz CT molecular complexity index is 525. The summed E-state index contributed by atoms with van der Waals surface area (Å²) in [6.07, 6.45) is 8.28. The van der Waals surface area contributed by atoms with E-state index in [0.29, 0.717) is 5.75 Å². The molecule has 1 saturated carbocycles. The Labute approximate surface area is 141 Å². The molecule has 1 atom stereocenters. The van der Waals surface area contributed by atoms with Crippen LogP contribution in [0.5, 0.6) is 5.75 Å². The van der Waals surface area contributed by atoms with Crippen LogP contribution in [0.25, 0.3) is 0 Å². The summed E-state index contributed by atoms with van der Waals surface area (Å²) >= 11 is 0. The van der Waals surface area contributed by atoms with Crippen molar-refractivity contribution in [3.63, 3.8) is 0 Å². The molecule has 0 spiro atoms. The molecule has 1 amide bonds. The van der Waals surface area contributed by atoms with E-state index in [2.05, 4.69) is 5.32 Å². The summed E-state index contributed by atoms with van der Waals surface area (Å²) < 4.78 is 17.4. The third kappa shape index (κ3) is 6.73. The topological polar surface area (TPSA) is 55.4 Å². The fourth-order valence-electron chi connectivity index (χ4n) is 3.02. The van der Waals surface area contributed by atoms with Gasteiger partial charge in [0.25, 0.3) is 0 Å². The molecule has 0 unspecified atom stereocenters. The van der Waals surface area contributed by atoms with Crippen molar-refractivity contribution in [3.05, 3.63) is 29.8 Å². The van der Waals surface area contributed by atoms with Crippen LogP contribution < -0.4 is 10.1 Å². The van der Waals surface area contributed by atoms with E-state index in [1.165, 1.54) is 32.1 Å². The molecular formula is C18H27NO3S. The standard InChI is InChI=1S/C18H27NO3S/c1-22-17-11-7-8-15(12-17)13-23(21)14-18(20)19-16-9-5-3-2-4-6-10-16/h7-8,11-12,16H,2-6,9-10,13-14H2,1H3,(H,19,20)/t23-/m1/s1. The third-order valence-corrected chi connectivity index (χ3v) is 5.46. The lowest BCUT2D eigenvalue weighted by Crippen LogP contribution is -2.38. The first-order valence-electron chi connectivity index (χ1n) is 8.44. The molecule has 1 aliphatic carbocycles. The fraction of sp³-hybridized carbons (Fsp3) is 0.611. The Morgan fingerprint density at radius 1 is 1.22 bits per heavy atom. The van der Waals surface area contributed by atoms with Gasteiger partial charge in [-0.15, -0.1) is 0 Å². The van der Waals surface area contributed by atoms with Crippen LogP contribution >= 0.6 is 0 Å². The number of nitrogens with one attached hydrogen (secondary N) is 1. The molecule has 5 heteroatoms. The Morgan fingerprint density at radius 3 is 2.61 bits per heavy atom. The van der Waals surface area contributed by atoms with Crippen molar-refractivity contribution in [2.24, 2.45) is 0 Å². The Balaban J connectivity index is 1.78. The number of amides is 1. The zero-order valence-corrected chi connectivity index (χ0v) is 14.7. The fourth-order valence-corrected chi connectivity index (χ4v) is 4.04. The summed E-state index contributed by atoms with van der Waals surface area (Å²) in [7, 11) is 0.419. The number of ether oxygens (including phenoxy) is 1. The molecule has 1 N–H and O–H groups in total. The highest BCUT2D eigenvalue weighted by atomic mass is 32.2. The predicted octanol–water partition coefficient (Wildman–Crippen LogP) is 3.17. The highest BCUT2D eigenvalue weighted by molar-refractivity contribution is 7.84. The number of carbonyl (C=O) groups excluding carboxylic acids is 1. The monoisotopic (exact) mass is 337 g/mol. The van der Waals surface area contributed by atoms with Crippen LogP contribution in [0.2, 0.25) is 0 Å². The van der Waals surface area contributed by atoms with Crippen LogP contribution in [0, 0.1) is 0 Å². The summed E-state index contributed by atoms with van der Waals surface area (Å²) in [5, 5.41) is 3.07. The normalized spacial score (nSPS) is 17.8. The van der Waals surface area contributed by atoms with Crippen molar-refractivity contribution < 1.29 is 13.7 Å². The van der Waals surface area contributed by atoms with Crippen molar-refractivity contribution >= 4 is 16.7 Å². The van der Waals surface area contributed by atoms with Crippen LogP contribution in [0.15, 0.2) is 24.3 Å². The molecule has 0 bridgehead atoms. The second kappa shape index (κ2) is 9.71. The quantitative estimate of drug-likeness (QED) is 0.867. The molecule has 0 aliphatic heterocycles. The molecule has 2 rings (SSSR count). The lowest BCUT2D eigenvalue weighted by atomic mass is 9.97. The predicted molar refractivity (Wildman–Crippen MR) is 94.0 cm³/mol. The molecule has 0 saturated heterocycles. The summed E-state index contributed by atoms with van der Waals surface area (Å²) in [5.74, 6) is 1.12. The van der Waals surface area contributed by atoms with Crippen molar-refractivity contribution in [2.45, 2.75) is 56.7 Å². The first-order valence-corrected chi connectivity index (χ1v) is 9.93. The van der Waals surface area contributed by atoms with E-state index in [4.69, 9.17) is 4.74 Å². The molecule has 4 nitrogen and oxygen atoms in total. The minimum Gasteiger partial charge on any atom is -0.497 e. The molecule has 128 valence electrons. The van der Waals surface area contributed by atoms with Gasteiger partial charge in [-0.2, -0.15) is 0 Å². The highest BCUT2D eigenvalue weighted by Gasteiger charge is 2.16. The van der Waals surface area contributed by atoms with Gasteiger partial charge in [0.05, 0.1) is 7.11 Å². The van der Waals surface area contributed by atoms with Crippen LogP contribution in [-0.2, 0) is 21.3 Å². The molecule has 1 fully saturated rings. The molecule has 0 heterocycles. The number of hydrogen-bond acceptors (Lipinski definition) is 3. The smallest absolute Gasteiger partial charge is 0.232 e. The van der Waals surface area contributed by atoms with E-state index < -0.39 is 10.8 Å². The van der Waals surface area contributed by atoms with Gasteiger partial charge in [-0.05, 0) is 30.5 Å². The van der Waals surface area contributed by atoms with Gasteiger partial charge in [-0.3, -0.25) is 9.00 Å². The van der Waals surface area contributed by atoms with Crippen LogP contribution in [0.3, 0.4) is 0 Å². The minimum absolute atomic E-state index is 0.0771. The van der Waals surface area contributed by atoms with Crippen molar-refractivity contribution in [3.8, 4) is 5.75 Å². The van der Waals surface area contributed by atoms with Gasteiger partial charge in [0.15, 0.2) is 0 Å². The minimum atomic E-state index is -1.19. The molecule has 23 heavy (non-hydrogen) atoms. The van der Waals surface area contributed by atoms with Crippen molar-refractivity contribution in [1.29, 1.82) is 0 Å². The average Bonchev–Trinajstić information content (AvgIpc) is 2.49. The van der Waals surface area contributed by atoms with Crippen LogP contribution in [0.4, 0.5) is 0 Å². The maximum absolute atomic E-state index is 12.2. The summed E-state index contributed by atoms with van der Waals surface area (Å²) in [6, 6.07) is 7.77. The zero-order valence-electron chi connectivity index (χ0n) is 13.9. The largest absolute Gasteiger partial charge is 0.497 e. The number of rotatable bonds is 6. The molecular weight excluding hydrogens is 310 g/mol. The van der Waals surface area contributed by atoms with Gasteiger partial charge < -0.3 is 10.1 Å². The molecule has 1 aromatic carbocycles. The lowest BCUT2D eigenvalue weighted by Gasteiger charge is -2.20. The second-order valence-corrected chi connectivity index (χ2v) is 7.65. The van der Waals surface area contributed by atoms with E-state index >= 15 is 0 Å². The number of carbonyl (C=O) groups is 1. The van der Waals surface area contributed by atoms with E-state index in [-0.39, 0.29) is 17.7 Å². The average molecular weight is 337 g/mol. The molecule has 1 aromatic rings. The summed E-state index contributed by atoms with van der Waals surface area (Å²) in [6.45, 7) is 0. The highest BCUT2D eigenvalue weighted by Crippen LogP contribution is 2.17. The van der Waals surface area contributed by atoms with Crippen LogP contribution in [-0.4, -0.2) is 29.0 Å². The van der Waals surface area contributed by atoms with Gasteiger partial charge in [0, 0.05) is 22.6 Å². The Kier molecular flexibility index (Phi) is 7.59. The summed E-state index contributed by atoms with van der Waals surface area (Å²) in [4.78, 5) is 12.1. The summed E-state index contributed by atoms with van der Waals surface area (Å²) in [5.41, 5.74) is 0.932. The maximum Gasteiger partial charge on any atom is 0.232 e. The Morgan fingerprint density at radius 2 is 1.91 bits per heavy atom. The van der Waals surface area contributed by atoms with E-state index in [1.54, 1.807) is 7.11 Å². The maximum atomic E-state index is 12.2. The third-order valence-electron chi connectivity index (χ3n) is 4.22. The second-order valence-electron chi connectivity index (χ2n) is 6.19. The van der Waals surface area contributed by atoms with Gasteiger partial charge in [-0.1, -0.05) is 44.2 Å². The van der Waals surface area contributed by atoms with Gasteiger partial charge >= 0.3 is 0 Å². The number of benzene rings is 1. The van der Waals surface area contributed by atoms with Gasteiger partial charge in [0.2, 0.25) is 5.91 Å². The van der Waals surface area contributed by atoms with Crippen molar-refractivity contribution in [2.75, 3.05) is 12.9 Å². The van der Waals surface area contributed by atoms with E-state index in [0.717, 1.165) is 24.2 Å². The zero-order chi connectivity index (χ0) is 16.5. The first-order chi connectivity index (χ1) is 11.2. The molecule has 0 aromatic heterocycles.